The van der Waals surface area contributed by atoms with Gasteiger partial charge in [0.05, 0.1) is 45.7 Å². The summed E-state index contributed by atoms with van der Waals surface area (Å²) in [6.45, 7) is 6.78. The summed E-state index contributed by atoms with van der Waals surface area (Å²) in [5.41, 5.74) is 3.67. The zero-order chi connectivity index (χ0) is 21.0. The standard InChI is InChI=1S/C20H22ClN5O3S/c1-8(2)11-5-23-26-14-9(3)17(30-18(11)14)15-12(21)6-22-20(25-15)24-13-4-10-7-28-19(29-10)16(13)27/h5-6,8,10,13,16,19,27H,4,7H2,1-3H3,(H,22,24,25)/t10-,13+,16-,19+/m0/s1. The maximum absolute atomic E-state index is 10.5. The third-order valence-electron chi connectivity index (χ3n) is 5.61. The van der Waals surface area contributed by atoms with Crippen molar-refractivity contribution in [2.24, 2.45) is 0 Å². The molecule has 0 amide bonds. The van der Waals surface area contributed by atoms with Gasteiger partial charge in [0.2, 0.25) is 5.95 Å². The molecule has 10 heteroatoms. The molecule has 2 N–H and O–H groups in total. The maximum Gasteiger partial charge on any atom is 0.223 e. The Morgan fingerprint density at radius 3 is 2.97 bits per heavy atom. The molecule has 0 radical (unpaired) electrons. The molecule has 0 spiro atoms. The van der Waals surface area contributed by atoms with Crippen LogP contribution in [0.25, 0.3) is 20.8 Å². The Bertz CT molecular complexity index is 1110. The second-order valence-electron chi connectivity index (χ2n) is 8.02. The van der Waals surface area contributed by atoms with E-state index >= 15 is 0 Å². The van der Waals surface area contributed by atoms with Crippen molar-refractivity contribution in [1.29, 1.82) is 0 Å². The fourth-order valence-electron chi connectivity index (χ4n) is 3.96. The molecule has 2 aliphatic rings. The maximum atomic E-state index is 10.5. The predicted octanol–water partition coefficient (Wildman–Crippen LogP) is 3.52. The van der Waals surface area contributed by atoms with Gasteiger partial charge in [-0.3, -0.25) is 0 Å². The van der Waals surface area contributed by atoms with E-state index in [9.17, 15) is 5.11 Å². The molecule has 3 aromatic rings. The first kappa shape index (κ1) is 20.0. The van der Waals surface area contributed by atoms with Gasteiger partial charge in [-0.1, -0.05) is 25.4 Å². The van der Waals surface area contributed by atoms with E-state index in [2.05, 4.69) is 39.3 Å². The molecule has 5 rings (SSSR count). The normalized spacial score (nSPS) is 25.9. The van der Waals surface area contributed by atoms with Crippen LogP contribution in [0.2, 0.25) is 5.02 Å². The van der Waals surface area contributed by atoms with E-state index in [-0.39, 0.29) is 12.1 Å². The lowest BCUT2D eigenvalue weighted by molar-refractivity contribution is -0.156. The van der Waals surface area contributed by atoms with Gasteiger partial charge in [0.25, 0.3) is 0 Å². The van der Waals surface area contributed by atoms with Crippen LogP contribution < -0.4 is 5.32 Å². The minimum absolute atomic E-state index is 0.0273. The molecule has 5 heterocycles. The Labute approximate surface area is 182 Å². The second-order valence-corrected chi connectivity index (χ2v) is 9.44. The molecule has 4 atom stereocenters. The third kappa shape index (κ3) is 3.34. The van der Waals surface area contributed by atoms with Crippen LogP contribution in [-0.2, 0) is 9.47 Å². The number of ether oxygens (including phenoxy) is 2. The van der Waals surface area contributed by atoms with Gasteiger partial charge in [0.15, 0.2) is 6.29 Å². The number of rotatable bonds is 4. The van der Waals surface area contributed by atoms with Crippen molar-refractivity contribution in [3.63, 3.8) is 0 Å². The topological polar surface area (TPSA) is 102 Å². The highest BCUT2D eigenvalue weighted by Crippen LogP contribution is 2.41. The number of anilines is 1. The number of nitrogens with zero attached hydrogens (tertiary/aromatic N) is 4. The first-order chi connectivity index (χ1) is 14.4. The number of nitrogens with one attached hydrogen (secondary N) is 1. The first-order valence-electron chi connectivity index (χ1n) is 9.91. The van der Waals surface area contributed by atoms with Crippen molar-refractivity contribution in [3.8, 4) is 10.6 Å². The average molecular weight is 448 g/mol. The molecule has 2 fully saturated rings. The van der Waals surface area contributed by atoms with E-state index in [4.69, 9.17) is 21.1 Å². The van der Waals surface area contributed by atoms with Gasteiger partial charge < -0.3 is 19.9 Å². The van der Waals surface area contributed by atoms with Crippen molar-refractivity contribution < 1.29 is 14.6 Å². The minimum atomic E-state index is -0.790. The molecule has 2 bridgehead atoms. The number of aliphatic hydroxyl groups is 1. The molecule has 158 valence electrons. The van der Waals surface area contributed by atoms with Gasteiger partial charge in [-0.2, -0.15) is 5.10 Å². The SMILES string of the molecule is Cc1c(-c2nc(N[C@@H]3C[C@H]4CO[C@H](O4)[C@H]3O)ncc2Cl)sc2c(C(C)C)cnnc12. The van der Waals surface area contributed by atoms with Gasteiger partial charge in [-0.15, -0.1) is 16.4 Å². The molecule has 3 aromatic heterocycles. The predicted molar refractivity (Wildman–Crippen MR) is 115 cm³/mol. The van der Waals surface area contributed by atoms with Crippen LogP contribution in [0.5, 0.6) is 0 Å². The number of halogens is 1. The van der Waals surface area contributed by atoms with E-state index < -0.39 is 12.4 Å². The van der Waals surface area contributed by atoms with Crippen LogP contribution in [0.15, 0.2) is 12.4 Å². The van der Waals surface area contributed by atoms with E-state index in [0.717, 1.165) is 26.2 Å². The zero-order valence-electron chi connectivity index (χ0n) is 16.8. The van der Waals surface area contributed by atoms with Gasteiger partial charge in [-0.25, -0.2) is 9.97 Å². The van der Waals surface area contributed by atoms with Gasteiger partial charge in [0.1, 0.15) is 17.3 Å². The molecule has 0 aromatic carbocycles. The van der Waals surface area contributed by atoms with Crippen LogP contribution >= 0.6 is 22.9 Å². The summed E-state index contributed by atoms with van der Waals surface area (Å²) in [6, 6.07) is -0.257. The van der Waals surface area contributed by atoms with E-state index in [1.54, 1.807) is 17.5 Å². The summed E-state index contributed by atoms with van der Waals surface area (Å²) in [7, 11) is 0. The average Bonchev–Trinajstić information content (AvgIpc) is 3.29. The molecule has 2 saturated heterocycles. The largest absolute Gasteiger partial charge is 0.386 e. The van der Waals surface area contributed by atoms with Crippen LogP contribution in [0, 0.1) is 6.92 Å². The number of fused-ring (bicyclic) bond motifs is 3. The highest BCUT2D eigenvalue weighted by molar-refractivity contribution is 7.22. The van der Waals surface area contributed by atoms with Crippen LogP contribution in [-0.4, -0.2) is 56.4 Å². The molecule has 0 unspecified atom stereocenters. The number of aryl methyl sites for hydroxylation is 1. The Morgan fingerprint density at radius 2 is 2.17 bits per heavy atom. The van der Waals surface area contributed by atoms with E-state index in [0.29, 0.717) is 35.6 Å². The monoisotopic (exact) mass is 447 g/mol. The lowest BCUT2D eigenvalue weighted by Crippen LogP contribution is -2.48. The van der Waals surface area contributed by atoms with Gasteiger partial charge >= 0.3 is 0 Å². The third-order valence-corrected chi connectivity index (χ3v) is 7.22. The quantitative estimate of drug-likeness (QED) is 0.626. The Morgan fingerprint density at radius 1 is 1.33 bits per heavy atom. The Hall–Kier alpha value is -1.91. The smallest absolute Gasteiger partial charge is 0.223 e. The Kier molecular flexibility index (Phi) is 5.11. The Balaban J connectivity index is 1.51. The van der Waals surface area contributed by atoms with Crippen molar-refractivity contribution in [3.05, 3.63) is 28.5 Å². The highest BCUT2D eigenvalue weighted by Gasteiger charge is 2.43. The molecule has 8 nitrogen and oxygen atoms in total. The summed E-state index contributed by atoms with van der Waals surface area (Å²) in [4.78, 5) is 9.95. The molecular formula is C20H22ClN5O3S. The summed E-state index contributed by atoms with van der Waals surface area (Å²) in [6.07, 6.45) is 2.60. The highest BCUT2D eigenvalue weighted by atomic mass is 35.5. The second kappa shape index (κ2) is 7.65. The number of aliphatic hydroxyl groups excluding tert-OH is 1. The number of aromatic nitrogens is 4. The van der Waals surface area contributed by atoms with Crippen molar-refractivity contribution in [2.75, 3.05) is 11.9 Å². The lowest BCUT2D eigenvalue weighted by atomic mass is 10.0. The van der Waals surface area contributed by atoms with E-state index in [1.165, 1.54) is 0 Å². The van der Waals surface area contributed by atoms with E-state index in [1.807, 2.05) is 13.1 Å². The van der Waals surface area contributed by atoms with Gasteiger partial charge in [-0.05, 0) is 30.4 Å². The summed E-state index contributed by atoms with van der Waals surface area (Å²) < 4.78 is 12.1. The van der Waals surface area contributed by atoms with Crippen LogP contribution in [0.3, 0.4) is 0 Å². The van der Waals surface area contributed by atoms with Crippen molar-refractivity contribution >= 4 is 39.1 Å². The van der Waals surface area contributed by atoms with Crippen molar-refractivity contribution in [2.45, 2.75) is 57.6 Å². The van der Waals surface area contributed by atoms with Crippen LogP contribution in [0.1, 0.15) is 37.3 Å². The first-order valence-corrected chi connectivity index (χ1v) is 11.1. The molecule has 2 aliphatic heterocycles. The van der Waals surface area contributed by atoms with Crippen molar-refractivity contribution in [1.82, 2.24) is 20.2 Å². The molecule has 0 saturated carbocycles. The molecule has 0 aliphatic carbocycles. The lowest BCUT2D eigenvalue weighted by Gasteiger charge is -2.32. The number of thiophene rings is 1. The minimum Gasteiger partial charge on any atom is -0.386 e. The molecular weight excluding hydrogens is 426 g/mol. The summed E-state index contributed by atoms with van der Waals surface area (Å²) in [5.74, 6) is 0.742. The number of hydrogen-bond acceptors (Lipinski definition) is 9. The fourth-order valence-corrected chi connectivity index (χ4v) is 5.60. The number of hydrogen-bond donors (Lipinski definition) is 2. The fraction of sp³-hybridized carbons (Fsp3) is 0.500. The van der Waals surface area contributed by atoms with Gasteiger partial charge in [0, 0.05) is 0 Å². The summed E-state index contributed by atoms with van der Waals surface area (Å²) in [5, 5.41) is 22.7. The van der Waals surface area contributed by atoms with Crippen LogP contribution in [0.4, 0.5) is 5.95 Å². The summed E-state index contributed by atoms with van der Waals surface area (Å²) >= 11 is 8.11. The molecule has 30 heavy (non-hydrogen) atoms. The zero-order valence-corrected chi connectivity index (χ0v) is 18.4.